The molecule has 2 aromatic carbocycles. The fourth-order valence-corrected chi connectivity index (χ4v) is 6.84. The van der Waals surface area contributed by atoms with E-state index in [1.54, 1.807) is 20.2 Å². The van der Waals surface area contributed by atoms with Crippen molar-refractivity contribution in [1.29, 1.82) is 0 Å². The second kappa shape index (κ2) is 10.6. The van der Waals surface area contributed by atoms with Crippen LogP contribution < -0.4 is 5.73 Å². The van der Waals surface area contributed by atoms with Gasteiger partial charge in [0.05, 0.1) is 11.6 Å². The molecule has 0 aliphatic heterocycles. The summed E-state index contributed by atoms with van der Waals surface area (Å²) in [6.45, 7) is 0.430. The van der Waals surface area contributed by atoms with Gasteiger partial charge in [-0.3, -0.25) is 24.2 Å². The molecule has 4 unspecified atom stereocenters. The summed E-state index contributed by atoms with van der Waals surface area (Å²) < 4.78 is 12.7. The molecule has 1 amide bonds. The molecule has 11 heteroatoms. The van der Waals surface area contributed by atoms with Crippen molar-refractivity contribution in [3.8, 4) is 16.9 Å². The van der Waals surface area contributed by atoms with Crippen LogP contribution in [0.3, 0.4) is 0 Å². The van der Waals surface area contributed by atoms with Gasteiger partial charge in [0, 0.05) is 24.6 Å². The van der Waals surface area contributed by atoms with E-state index >= 15 is 0 Å². The normalized spacial score (nSPS) is 25.5. The van der Waals surface area contributed by atoms with Crippen molar-refractivity contribution >= 4 is 23.2 Å². The summed E-state index contributed by atoms with van der Waals surface area (Å²) in [5, 5.41) is 44.9. The number of hydrogen-bond acceptors (Lipinski definition) is 9. The van der Waals surface area contributed by atoms with Crippen molar-refractivity contribution in [2.75, 3.05) is 34.4 Å². The maximum atomic E-state index is 14.0. The van der Waals surface area contributed by atoms with Gasteiger partial charge in [-0.25, -0.2) is 4.39 Å². The lowest BCUT2D eigenvalue weighted by atomic mass is 9.57. The number of ketones is 2. The van der Waals surface area contributed by atoms with Crippen LogP contribution >= 0.6 is 0 Å². The number of aliphatic hydroxyl groups is 3. The highest BCUT2D eigenvalue weighted by molar-refractivity contribution is 6.24. The van der Waals surface area contributed by atoms with E-state index in [1.807, 2.05) is 36.2 Å². The number of benzene rings is 2. The number of hydrogen-bond donors (Lipinski definition) is 5. The number of likely N-dealkylation sites (N-methyl/N-ethyl adjacent to an activating group) is 1. The first kappa shape index (κ1) is 29.4. The molecule has 5 rings (SSSR count). The Morgan fingerprint density at radius 1 is 1.07 bits per heavy atom. The maximum absolute atomic E-state index is 14.0. The summed E-state index contributed by atoms with van der Waals surface area (Å²) in [4.78, 5) is 42.7. The standard InChI is InChI=1S/C31H34FN3O7/c1-34(2)25-20-13-17-12-19-18(16-6-4-15(5-7-16)14-35(3)11-10-32)8-9-21(36)23(19)26(37)22(17)28(39)31(20,42)29(40)24(27(25)38)30(33)41/h4-9,17,20,25,36-37,40,42H,10-14H2,1-3H3,(H2,33,41). The lowest BCUT2D eigenvalue weighted by molar-refractivity contribution is -0.153. The number of nitrogens with zero attached hydrogens (tertiary/aromatic N) is 2. The van der Waals surface area contributed by atoms with Crippen LogP contribution in [0, 0.1) is 11.8 Å². The summed E-state index contributed by atoms with van der Waals surface area (Å²) in [5.41, 5.74) is 4.76. The molecule has 0 spiro atoms. The molecule has 0 saturated heterocycles. The molecule has 3 aliphatic rings. The molecule has 0 heterocycles. The van der Waals surface area contributed by atoms with E-state index in [2.05, 4.69) is 0 Å². The number of nitrogens with two attached hydrogens (primary N) is 1. The number of Topliss-reactive ketones (excluding diaryl/α,β-unsaturated/α-hetero) is 2. The maximum Gasteiger partial charge on any atom is 0.255 e. The van der Waals surface area contributed by atoms with Crippen molar-refractivity contribution in [3.05, 3.63) is 70.0 Å². The number of phenolic OH excluding ortho intramolecular Hbond substituents is 1. The average molecular weight is 580 g/mol. The van der Waals surface area contributed by atoms with Crippen LogP contribution in [0.1, 0.15) is 23.1 Å². The smallest absolute Gasteiger partial charge is 0.255 e. The molecule has 6 N–H and O–H groups in total. The third-order valence-electron chi connectivity index (χ3n) is 8.79. The zero-order valence-corrected chi connectivity index (χ0v) is 23.6. The number of carbonyl (C=O) groups excluding carboxylic acids is 3. The highest BCUT2D eigenvalue weighted by atomic mass is 19.1. The Balaban J connectivity index is 1.62. The Bertz CT molecular complexity index is 1550. The number of halogens is 1. The van der Waals surface area contributed by atoms with E-state index in [1.165, 1.54) is 11.0 Å². The molecule has 42 heavy (non-hydrogen) atoms. The lowest BCUT2D eigenvalue weighted by Gasteiger charge is -2.50. The highest BCUT2D eigenvalue weighted by Crippen LogP contribution is 2.53. The van der Waals surface area contributed by atoms with Gasteiger partial charge in [-0.2, -0.15) is 0 Å². The second-order valence-electron chi connectivity index (χ2n) is 11.6. The Hall–Kier alpha value is -4.06. The van der Waals surface area contributed by atoms with Gasteiger partial charge < -0.3 is 26.2 Å². The molecule has 1 fully saturated rings. The lowest BCUT2D eigenvalue weighted by Crippen LogP contribution is -2.65. The van der Waals surface area contributed by atoms with Crippen LogP contribution in [0.25, 0.3) is 16.9 Å². The Morgan fingerprint density at radius 3 is 2.33 bits per heavy atom. The number of aliphatic hydroxyl groups excluding tert-OH is 2. The van der Waals surface area contributed by atoms with Gasteiger partial charge in [-0.05, 0) is 68.2 Å². The van der Waals surface area contributed by atoms with Crippen LogP contribution in [0.2, 0.25) is 0 Å². The zero-order valence-electron chi connectivity index (χ0n) is 23.6. The van der Waals surface area contributed by atoms with Gasteiger partial charge in [0.2, 0.25) is 5.78 Å². The van der Waals surface area contributed by atoms with Crippen LogP contribution in [-0.4, -0.2) is 93.7 Å². The van der Waals surface area contributed by atoms with Crippen molar-refractivity contribution in [2.24, 2.45) is 17.6 Å². The fourth-order valence-electron chi connectivity index (χ4n) is 6.84. The number of rotatable bonds is 7. The van der Waals surface area contributed by atoms with E-state index < -0.39 is 64.7 Å². The molecule has 4 atom stereocenters. The predicted molar refractivity (Wildman–Crippen MR) is 152 cm³/mol. The summed E-state index contributed by atoms with van der Waals surface area (Å²) in [6, 6.07) is 9.59. The van der Waals surface area contributed by atoms with Gasteiger partial charge in [0.1, 0.15) is 29.5 Å². The Labute approximate surface area is 242 Å². The molecular weight excluding hydrogens is 545 g/mol. The van der Waals surface area contributed by atoms with E-state index in [0.29, 0.717) is 24.2 Å². The molecule has 222 valence electrons. The van der Waals surface area contributed by atoms with Gasteiger partial charge in [-0.1, -0.05) is 30.3 Å². The van der Waals surface area contributed by atoms with Crippen molar-refractivity contribution in [3.63, 3.8) is 0 Å². The molecule has 2 aromatic rings. The quantitative estimate of drug-likeness (QED) is 0.309. The van der Waals surface area contributed by atoms with Crippen LogP contribution in [0.15, 0.2) is 53.3 Å². The first-order valence-corrected chi connectivity index (χ1v) is 13.7. The number of primary amides is 1. The largest absolute Gasteiger partial charge is 0.508 e. The minimum absolute atomic E-state index is 0.0146. The van der Waals surface area contributed by atoms with Gasteiger partial charge in [0.25, 0.3) is 5.91 Å². The Morgan fingerprint density at radius 2 is 1.74 bits per heavy atom. The zero-order chi connectivity index (χ0) is 30.7. The predicted octanol–water partition coefficient (Wildman–Crippen LogP) is 2.03. The molecule has 0 bridgehead atoms. The van der Waals surface area contributed by atoms with Crippen LogP contribution in [0.4, 0.5) is 4.39 Å². The van der Waals surface area contributed by atoms with Crippen molar-refractivity contribution < 1.29 is 39.2 Å². The number of aromatic hydroxyl groups is 1. The van der Waals surface area contributed by atoms with Crippen molar-refractivity contribution in [2.45, 2.75) is 31.0 Å². The van der Waals surface area contributed by atoms with Crippen LogP contribution in [-0.2, 0) is 27.3 Å². The Kier molecular flexibility index (Phi) is 7.46. The molecule has 10 nitrogen and oxygen atoms in total. The van der Waals surface area contributed by atoms with Gasteiger partial charge >= 0.3 is 0 Å². The minimum Gasteiger partial charge on any atom is -0.508 e. The summed E-state index contributed by atoms with van der Waals surface area (Å²) in [7, 11) is 4.94. The molecule has 0 radical (unpaired) electrons. The summed E-state index contributed by atoms with van der Waals surface area (Å²) in [5.74, 6) is -6.85. The summed E-state index contributed by atoms with van der Waals surface area (Å²) >= 11 is 0. The fraction of sp³-hybridized carbons (Fsp3) is 0.387. The minimum atomic E-state index is -2.68. The van der Waals surface area contributed by atoms with Gasteiger partial charge in [-0.15, -0.1) is 0 Å². The third kappa shape index (κ3) is 4.39. The first-order chi connectivity index (χ1) is 19.8. The molecule has 0 aromatic heterocycles. The van der Waals surface area contributed by atoms with E-state index in [4.69, 9.17) is 5.73 Å². The second-order valence-corrected chi connectivity index (χ2v) is 11.6. The van der Waals surface area contributed by atoms with Gasteiger partial charge in [0.15, 0.2) is 11.4 Å². The monoisotopic (exact) mass is 579 g/mol. The summed E-state index contributed by atoms with van der Waals surface area (Å²) in [6.07, 6.45) is 0.208. The number of phenols is 1. The average Bonchev–Trinajstić information content (AvgIpc) is 2.91. The topological polar surface area (TPSA) is 165 Å². The molecular formula is C31H34FN3O7. The third-order valence-corrected chi connectivity index (χ3v) is 8.79. The number of carbonyl (C=O) groups is 3. The number of alkyl halides is 1. The number of fused-ring (bicyclic) bond motifs is 3. The highest BCUT2D eigenvalue weighted by Gasteiger charge is 2.64. The van der Waals surface area contributed by atoms with E-state index in [0.717, 1.165) is 11.1 Å². The molecule has 3 aliphatic carbocycles. The molecule has 1 saturated carbocycles. The SMILES string of the molecule is CN(CCF)Cc1ccc(-c2ccc(O)c3c2CC2CC4C(N(C)C)C(=O)C(C(N)=O)=C(O)C4(O)C(=O)C2=C3O)cc1. The van der Waals surface area contributed by atoms with E-state index in [-0.39, 0.29) is 29.7 Å². The van der Waals surface area contributed by atoms with Crippen molar-refractivity contribution in [1.82, 2.24) is 9.80 Å². The number of amides is 1. The first-order valence-electron chi connectivity index (χ1n) is 13.7. The van der Waals surface area contributed by atoms with Crippen LogP contribution in [0.5, 0.6) is 5.75 Å². The van der Waals surface area contributed by atoms with E-state index in [9.17, 15) is 39.2 Å².